The molecule has 0 spiro atoms. The molecular weight excluding hydrogens is 320 g/mol. The van der Waals surface area contributed by atoms with Gasteiger partial charge in [-0.2, -0.15) is 5.10 Å². The van der Waals surface area contributed by atoms with E-state index in [-0.39, 0.29) is 24.1 Å². The van der Waals surface area contributed by atoms with E-state index >= 15 is 0 Å². The van der Waals surface area contributed by atoms with E-state index in [9.17, 15) is 14.7 Å². The standard InChI is InChI=1S/C18H26N4O3/c1-11(2)7-15(23)10-19-16(24)6-5-13-8-14-9-20-22(12(3)4)17(14)21-18(13)25/h5-6,8-9,11-12,15,23H,7,10H2,1-4H3,(H,19,24)(H,21,25)/b6-5+. The van der Waals surface area contributed by atoms with Gasteiger partial charge in [-0.05, 0) is 38.3 Å². The molecule has 0 aliphatic carbocycles. The molecule has 0 aliphatic heterocycles. The Morgan fingerprint density at radius 3 is 2.76 bits per heavy atom. The van der Waals surface area contributed by atoms with Gasteiger partial charge in [0.1, 0.15) is 5.65 Å². The van der Waals surface area contributed by atoms with Gasteiger partial charge < -0.3 is 15.4 Å². The summed E-state index contributed by atoms with van der Waals surface area (Å²) >= 11 is 0. The molecule has 0 aliphatic rings. The van der Waals surface area contributed by atoms with Crippen LogP contribution in [-0.2, 0) is 4.79 Å². The lowest BCUT2D eigenvalue weighted by atomic mass is 10.1. The van der Waals surface area contributed by atoms with Crippen LogP contribution in [0, 0.1) is 5.92 Å². The first-order valence-electron chi connectivity index (χ1n) is 8.52. The number of aliphatic hydroxyl groups excluding tert-OH is 1. The molecule has 7 nitrogen and oxygen atoms in total. The highest BCUT2D eigenvalue weighted by Crippen LogP contribution is 2.15. The minimum Gasteiger partial charge on any atom is -0.391 e. The van der Waals surface area contributed by atoms with Crippen LogP contribution in [0.1, 0.15) is 45.7 Å². The van der Waals surface area contributed by atoms with E-state index < -0.39 is 6.10 Å². The van der Waals surface area contributed by atoms with Gasteiger partial charge in [0.05, 0.1) is 12.3 Å². The average Bonchev–Trinajstić information content (AvgIpc) is 2.92. The maximum absolute atomic E-state index is 12.2. The largest absolute Gasteiger partial charge is 0.391 e. The molecule has 1 amide bonds. The van der Waals surface area contributed by atoms with E-state index in [2.05, 4.69) is 15.4 Å². The van der Waals surface area contributed by atoms with Crippen LogP contribution in [-0.4, -0.2) is 38.4 Å². The van der Waals surface area contributed by atoms with Crippen molar-refractivity contribution < 1.29 is 9.90 Å². The van der Waals surface area contributed by atoms with Gasteiger partial charge in [-0.1, -0.05) is 13.8 Å². The average molecular weight is 346 g/mol. The van der Waals surface area contributed by atoms with E-state index in [4.69, 9.17) is 0 Å². The number of hydrogen-bond acceptors (Lipinski definition) is 4. The van der Waals surface area contributed by atoms with Crippen molar-refractivity contribution in [2.24, 2.45) is 5.92 Å². The number of pyridine rings is 1. The Labute approximate surface area is 146 Å². The molecule has 7 heteroatoms. The van der Waals surface area contributed by atoms with Crippen LogP contribution < -0.4 is 10.9 Å². The molecule has 136 valence electrons. The fourth-order valence-electron chi connectivity index (χ4n) is 2.61. The summed E-state index contributed by atoms with van der Waals surface area (Å²) in [5.41, 5.74) is 0.769. The highest BCUT2D eigenvalue weighted by molar-refractivity contribution is 5.92. The predicted octanol–water partition coefficient (Wildman–Crippen LogP) is 1.84. The number of rotatable bonds is 7. The fourth-order valence-corrected chi connectivity index (χ4v) is 2.61. The van der Waals surface area contributed by atoms with Crippen LogP contribution in [0.3, 0.4) is 0 Å². The third kappa shape index (κ3) is 5.03. The monoisotopic (exact) mass is 346 g/mol. The van der Waals surface area contributed by atoms with Crippen molar-refractivity contribution >= 4 is 23.0 Å². The Morgan fingerprint density at radius 2 is 2.12 bits per heavy atom. The minimum absolute atomic E-state index is 0.137. The van der Waals surface area contributed by atoms with Crippen molar-refractivity contribution in [2.75, 3.05) is 6.54 Å². The summed E-state index contributed by atoms with van der Waals surface area (Å²) in [5, 5.41) is 17.5. The molecule has 1 atom stereocenters. The molecule has 0 saturated heterocycles. The number of nitrogens with zero attached hydrogens (tertiary/aromatic N) is 2. The summed E-state index contributed by atoms with van der Waals surface area (Å²) in [4.78, 5) is 26.8. The maximum atomic E-state index is 12.2. The molecule has 3 N–H and O–H groups in total. The molecule has 0 saturated carbocycles. The van der Waals surface area contributed by atoms with Crippen molar-refractivity contribution in [1.29, 1.82) is 0 Å². The molecule has 25 heavy (non-hydrogen) atoms. The van der Waals surface area contributed by atoms with Gasteiger partial charge in [0, 0.05) is 29.6 Å². The van der Waals surface area contributed by atoms with Crippen LogP contribution in [0.15, 0.2) is 23.1 Å². The second-order valence-electron chi connectivity index (χ2n) is 6.90. The molecule has 1 unspecified atom stereocenters. The van der Waals surface area contributed by atoms with Gasteiger partial charge in [0.15, 0.2) is 0 Å². The zero-order chi connectivity index (χ0) is 18.6. The van der Waals surface area contributed by atoms with Gasteiger partial charge in [0.2, 0.25) is 5.91 Å². The first-order chi connectivity index (χ1) is 11.8. The zero-order valence-corrected chi connectivity index (χ0v) is 15.1. The highest BCUT2D eigenvalue weighted by Gasteiger charge is 2.10. The van der Waals surface area contributed by atoms with Gasteiger partial charge in [-0.25, -0.2) is 4.68 Å². The number of aromatic nitrogens is 3. The first kappa shape index (κ1) is 18.9. The van der Waals surface area contributed by atoms with E-state index in [1.54, 1.807) is 16.9 Å². The second-order valence-corrected chi connectivity index (χ2v) is 6.90. The molecule has 0 radical (unpaired) electrons. The van der Waals surface area contributed by atoms with Crippen LogP contribution in [0.2, 0.25) is 0 Å². The van der Waals surface area contributed by atoms with Gasteiger partial charge >= 0.3 is 0 Å². The summed E-state index contributed by atoms with van der Waals surface area (Å²) in [6, 6.07) is 1.84. The topological polar surface area (TPSA) is 100 Å². The third-order valence-electron chi connectivity index (χ3n) is 3.79. The third-order valence-corrected chi connectivity index (χ3v) is 3.79. The number of amides is 1. The number of nitrogens with one attached hydrogen (secondary N) is 2. The number of hydrogen-bond donors (Lipinski definition) is 3. The number of H-pyrrole nitrogens is 1. The smallest absolute Gasteiger partial charge is 0.256 e. The van der Waals surface area contributed by atoms with Crippen LogP contribution in [0.4, 0.5) is 0 Å². The summed E-state index contributed by atoms with van der Waals surface area (Å²) < 4.78 is 1.74. The lowest BCUT2D eigenvalue weighted by Gasteiger charge is -2.12. The van der Waals surface area contributed by atoms with Crippen LogP contribution in [0.5, 0.6) is 0 Å². The summed E-state index contributed by atoms with van der Waals surface area (Å²) in [6.45, 7) is 8.18. The van der Waals surface area contributed by atoms with Crippen molar-refractivity contribution in [2.45, 2.75) is 46.3 Å². The van der Waals surface area contributed by atoms with Crippen molar-refractivity contribution in [3.8, 4) is 0 Å². The fraction of sp³-hybridized carbons (Fsp3) is 0.500. The lowest BCUT2D eigenvalue weighted by molar-refractivity contribution is -0.116. The van der Waals surface area contributed by atoms with E-state index in [1.165, 1.54) is 12.2 Å². The Balaban J connectivity index is 2.07. The van der Waals surface area contributed by atoms with Crippen molar-refractivity contribution in [1.82, 2.24) is 20.1 Å². The first-order valence-corrected chi connectivity index (χ1v) is 8.52. The number of fused-ring (bicyclic) bond motifs is 1. The van der Waals surface area contributed by atoms with Crippen molar-refractivity contribution in [3.63, 3.8) is 0 Å². The van der Waals surface area contributed by atoms with Crippen LogP contribution >= 0.6 is 0 Å². The molecule has 2 heterocycles. The van der Waals surface area contributed by atoms with Gasteiger partial charge in [-0.3, -0.25) is 9.59 Å². The molecule has 0 fully saturated rings. The molecule has 2 aromatic heterocycles. The number of carbonyl (C=O) groups excluding carboxylic acids is 1. The number of aliphatic hydroxyl groups is 1. The Kier molecular flexibility index (Phi) is 6.14. The van der Waals surface area contributed by atoms with E-state index in [1.807, 2.05) is 27.7 Å². The Morgan fingerprint density at radius 1 is 1.40 bits per heavy atom. The molecule has 2 rings (SSSR count). The SMILES string of the molecule is CC(C)CC(O)CNC(=O)/C=C/c1cc2cnn(C(C)C)c2[nH]c1=O. The maximum Gasteiger partial charge on any atom is 0.256 e. The molecule has 0 bridgehead atoms. The summed E-state index contributed by atoms with van der Waals surface area (Å²) in [6.07, 6.45) is 4.50. The van der Waals surface area contributed by atoms with Crippen molar-refractivity contribution in [3.05, 3.63) is 34.3 Å². The molecular formula is C18H26N4O3. The Hall–Kier alpha value is -2.41. The highest BCUT2D eigenvalue weighted by atomic mass is 16.3. The zero-order valence-electron chi connectivity index (χ0n) is 15.1. The number of aromatic amines is 1. The van der Waals surface area contributed by atoms with E-state index in [0.29, 0.717) is 23.5 Å². The molecule has 2 aromatic rings. The summed E-state index contributed by atoms with van der Waals surface area (Å²) in [5.74, 6) is 0.0136. The van der Waals surface area contributed by atoms with Crippen LogP contribution in [0.25, 0.3) is 17.1 Å². The number of carbonyl (C=O) groups is 1. The minimum atomic E-state index is -0.570. The normalized spacial score (nSPS) is 13.2. The quantitative estimate of drug-likeness (QED) is 0.666. The van der Waals surface area contributed by atoms with E-state index in [0.717, 1.165) is 5.39 Å². The molecule has 0 aromatic carbocycles. The predicted molar refractivity (Wildman–Crippen MR) is 98.2 cm³/mol. The van der Waals surface area contributed by atoms with Gasteiger partial charge in [-0.15, -0.1) is 0 Å². The summed E-state index contributed by atoms with van der Waals surface area (Å²) in [7, 11) is 0. The lowest BCUT2D eigenvalue weighted by Crippen LogP contribution is -2.31. The Bertz CT molecular complexity index is 817. The van der Waals surface area contributed by atoms with Gasteiger partial charge in [0.25, 0.3) is 5.56 Å². The second kappa shape index (κ2) is 8.11.